The van der Waals surface area contributed by atoms with E-state index >= 15 is 0 Å². The lowest BCUT2D eigenvalue weighted by atomic mass is 10.0. The molecule has 81 heavy (non-hydrogen) atoms. The molecular weight excluding hydrogens is 1030 g/mol. The number of rotatable bonds is 64. The Morgan fingerprint density at radius 2 is 0.679 bits per heavy atom. The smallest absolute Gasteiger partial charge is 0.462 e. The van der Waals surface area contributed by atoms with Crippen molar-refractivity contribution < 1.29 is 37.6 Å². The molecule has 0 aromatic rings. The standard InChI is InChI=1S/C71H128NO8P/c1-3-5-7-9-11-13-15-17-19-21-23-24-25-26-27-28-29-30-31-32-33-34-35-36-37-38-39-40-41-42-43-44-46-48-50-52-54-56-58-60-62-64-71(74)80-69(68-79-81(75,76)78-66-65-72)67-77-70(73)63-61-59-57-55-53-51-49-47-45-22-20-18-16-14-12-10-8-6-4-2/h5,7,11-14,17-20,23-24,45,47,69H,3-4,6,8-10,15-16,21-22,25-44,46,48-68,72H2,1-2H3,(H,75,76)/b7-5-,13-11-,14-12-,19-17-,20-18-,24-23-,47-45-. The first-order valence-corrected chi connectivity index (χ1v) is 35.6. The monoisotopic (exact) mass is 1150 g/mol. The summed E-state index contributed by atoms with van der Waals surface area (Å²) in [6.07, 6.45) is 88.3. The van der Waals surface area contributed by atoms with Gasteiger partial charge < -0.3 is 20.1 Å². The minimum absolute atomic E-state index is 0.0506. The molecule has 0 aliphatic rings. The van der Waals surface area contributed by atoms with Gasteiger partial charge in [0.1, 0.15) is 6.61 Å². The van der Waals surface area contributed by atoms with Crippen molar-refractivity contribution in [3.05, 3.63) is 85.1 Å². The average molecular weight is 1150 g/mol. The molecule has 0 radical (unpaired) electrons. The van der Waals surface area contributed by atoms with Crippen LogP contribution in [0.25, 0.3) is 0 Å². The van der Waals surface area contributed by atoms with E-state index in [1.165, 1.54) is 205 Å². The van der Waals surface area contributed by atoms with E-state index in [0.29, 0.717) is 6.42 Å². The number of esters is 2. The van der Waals surface area contributed by atoms with Crippen LogP contribution < -0.4 is 5.73 Å². The second-order valence-electron chi connectivity index (χ2n) is 22.7. The van der Waals surface area contributed by atoms with Gasteiger partial charge in [-0.05, 0) is 89.9 Å². The highest BCUT2D eigenvalue weighted by Crippen LogP contribution is 2.43. The average Bonchev–Trinajstić information content (AvgIpc) is 3.46. The minimum Gasteiger partial charge on any atom is -0.462 e. The summed E-state index contributed by atoms with van der Waals surface area (Å²) in [4.78, 5) is 35.3. The Morgan fingerprint density at radius 1 is 0.383 bits per heavy atom. The van der Waals surface area contributed by atoms with E-state index in [-0.39, 0.29) is 38.6 Å². The van der Waals surface area contributed by atoms with Crippen LogP contribution in [0, 0.1) is 0 Å². The number of unbranched alkanes of at least 4 members (excludes halogenated alkanes) is 37. The number of allylic oxidation sites excluding steroid dienone is 14. The van der Waals surface area contributed by atoms with Crippen molar-refractivity contribution >= 4 is 19.8 Å². The van der Waals surface area contributed by atoms with Crippen molar-refractivity contribution in [1.82, 2.24) is 0 Å². The minimum atomic E-state index is -4.39. The van der Waals surface area contributed by atoms with Crippen LogP contribution in [-0.4, -0.2) is 49.3 Å². The Bertz CT molecular complexity index is 1600. The van der Waals surface area contributed by atoms with Gasteiger partial charge >= 0.3 is 19.8 Å². The molecule has 0 saturated heterocycles. The SMILES string of the molecule is CC/C=C\C/C=C\C/C=C\C/C=C\CCCCCCCCCCCCCCCCCCCCCCCCCCCCCCC(=O)OC(COC(=O)CCCCCCCC/C=C\C/C=C\C/C=C\CCCCC)COP(=O)(O)OCCN. The quantitative estimate of drug-likeness (QED) is 0.0264. The molecule has 2 atom stereocenters. The van der Waals surface area contributed by atoms with Crippen molar-refractivity contribution in [1.29, 1.82) is 0 Å². The third-order valence-electron chi connectivity index (χ3n) is 14.8. The lowest BCUT2D eigenvalue weighted by Gasteiger charge is -2.19. The van der Waals surface area contributed by atoms with Crippen LogP contribution >= 0.6 is 7.82 Å². The second kappa shape index (κ2) is 66.3. The zero-order valence-electron chi connectivity index (χ0n) is 52.8. The number of ether oxygens (including phenoxy) is 2. The normalized spacial score (nSPS) is 13.5. The molecule has 0 aromatic carbocycles. The van der Waals surface area contributed by atoms with Crippen LogP contribution in [0.5, 0.6) is 0 Å². The molecule has 10 heteroatoms. The summed E-state index contributed by atoms with van der Waals surface area (Å²) in [6, 6.07) is 0. The highest BCUT2D eigenvalue weighted by atomic mass is 31.2. The summed E-state index contributed by atoms with van der Waals surface area (Å²) in [5.41, 5.74) is 5.39. The molecular formula is C71H128NO8P. The van der Waals surface area contributed by atoms with Gasteiger partial charge in [-0.25, -0.2) is 4.57 Å². The molecule has 3 N–H and O–H groups in total. The van der Waals surface area contributed by atoms with Gasteiger partial charge in [0.15, 0.2) is 6.10 Å². The summed E-state index contributed by atoms with van der Waals surface area (Å²) >= 11 is 0. The largest absolute Gasteiger partial charge is 0.472 e. The van der Waals surface area contributed by atoms with E-state index in [1.807, 2.05) is 0 Å². The van der Waals surface area contributed by atoms with Crippen molar-refractivity contribution in [3.8, 4) is 0 Å². The number of nitrogens with two attached hydrogens (primary N) is 1. The van der Waals surface area contributed by atoms with Crippen LogP contribution in [0.2, 0.25) is 0 Å². The number of hydrogen-bond donors (Lipinski definition) is 2. The maximum absolute atomic E-state index is 12.7. The van der Waals surface area contributed by atoms with Gasteiger partial charge in [-0.3, -0.25) is 18.6 Å². The number of carbonyl (C=O) groups excluding carboxylic acids is 2. The summed E-state index contributed by atoms with van der Waals surface area (Å²) < 4.78 is 33.1. The Kier molecular flexibility index (Phi) is 64.0. The summed E-state index contributed by atoms with van der Waals surface area (Å²) in [5, 5.41) is 0. The number of hydrogen-bond acceptors (Lipinski definition) is 8. The molecule has 0 spiro atoms. The molecule has 0 aliphatic carbocycles. The molecule has 0 rings (SSSR count). The molecule has 0 saturated carbocycles. The molecule has 0 amide bonds. The number of phosphoric ester groups is 1. The van der Waals surface area contributed by atoms with Gasteiger partial charge in [-0.1, -0.05) is 304 Å². The molecule has 9 nitrogen and oxygen atoms in total. The highest BCUT2D eigenvalue weighted by molar-refractivity contribution is 7.47. The lowest BCUT2D eigenvalue weighted by molar-refractivity contribution is -0.161. The predicted octanol–water partition coefficient (Wildman–Crippen LogP) is 22.2. The Balaban J connectivity index is 3.77. The fraction of sp³-hybridized carbons (Fsp3) is 0.775. The zero-order chi connectivity index (χ0) is 58.7. The summed E-state index contributed by atoms with van der Waals surface area (Å²) in [5.74, 6) is -0.831. The van der Waals surface area contributed by atoms with E-state index < -0.39 is 26.5 Å². The molecule has 0 aliphatic heterocycles. The van der Waals surface area contributed by atoms with Gasteiger partial charge in [0.2, 0.25) is 0 Å². The van der Waals surface area contributed by atoms with Crippen molar-refractivity contribution in [3.63, 3.8) is 0 Å². The Labute approximate surface area is 500 Å². The molecule has 470 valence electrons. The molecule has 0 heterocycles. The Hall–Kier alpha value is -2.81. The van der Waals surface area contributed by atoms with Gasteiger partial charge in [0.05, 0.1) is 13.2 Å². The van der Waals surface area contributed by atoms with E-state index in [9.17, 15) is 19.0 Å². The third-order valence-corrected chi connectivity index (χ3v) is 15.7. The van der Waals surface area contributed by atoms with Crippen LogP contribution in [0.4, 0.5) is 0 Å². The van der Waals surface area contributed by atoms with Crippen molar-refractivity contribution in [2.45, 2.75) is 328 Å². The van der Waals surface area contributed by atoms with Crippen LogP contribution in [0.15, 0.2) is 85.1 Å². The fourth-order valence-electron chi connectivity index (χ4n) is 9.76. The molecule has 0 fully saturated rings. The first-order chi connectivity index (χ1) is 39.8. The number of phosphoric acid groups is 1. The predicted molar refractivity (Wildman–Crippen MR) is 349 cm³/mol. The molecule has 0 bridgehead atoms. The van der Waals surface area contributed by atoms with Crippen LogP contribution in [0.1, 0.15) is 322 Å². The van der Waals surface area contributed by atoms with Gasteiger partial charge in [-0.2, -0.15) is 0 Å². The third kappa shape index (κ3) is 66.2. The maximum atomic E-state index is 12.7. The van der Waals surface area contributed by atoms with Gasteiger partial charge in [0.25, 0.3) is 0 Å². The highest BCUT2D eigenvalue weighted by Gasteiger charge is 2.26. The van der Waals surface area contributed by atoms with E-state index in [1.54, 1.807) is 0 Å². The molecule has 0 aromatic heterocycles. The zero-order valence-corrected chi connectivity index (χ0v) is 53.7. The van der Waals surface area contributed by atoms with Crippen molar-refractivity contribution in [2.75, 3.05) is 26.4 Å². The summed E-state index contributed by atoms with van der Waals surface area (Å²) in [6.45, 7) is 3.62. The van der Waals surface area contributed by atoms with Gasteiger partial charge in [-0.15, -0.1) is 0 Å². The summed E-state index contributed by atoms with van der Waals surface area (Å²) in [7, 11) is -4.39. The fourth-order valence-corrected chi connectivity index (χ4v) is 10.5. The topological polar surface area (TPSA) is 134 Å². The Morgan fingerprint density at radius 3 is 1.01 bits per heavy atom. The lowest BCUT2D eigenvalue weighted by Crippen LogP contribution is -2.29. The van der Waals surface area contributed by atoms with Crippen molar-refractivity contribution in [2.24, 2.45) is 5.73 Å². The molecule has 2 unspecified atom stereocenters. The first kappa shape index (κ1) is 78.2. The van der Waals surface area contributed by atoms with Gasteiger partial charge in [0, 0.05) is 19.4 Å². The van der Waals surface area contributed by atoms with Crippen LogP contribution in [-0.2, 0) is 32.7 Å². The van der Waals surface area contributed by atoms with Crippen LogP contribution in [0.3, 0.4) is 0 Å². The maximum Gasteiger partial charge on any atom is 0.472 e. The first-order valence-electron chi connectivity index (χ1n) is 34.1. The van der Waals surface area contributed by atoms with E-state index in [4.69, 9.17) is 24.3 Å². The van der Waals surface area contributed by atoms with E-state index in [0.717, 1.165) is 83.5 Å². The number of carbonyl (C=O) groups is 2. The van der Waals surface area contributed by atoms with E-state index in [2.05, 4.69) is 98.9 Å². The second-order valence-corrected chi connectivity index (χ2v) is 24.1.